The Bertz CT molecular complexity index is 1290. The lowest BCUT2D eigenvalue weighted by Gasteiger charge is -2.14. The van der Waals surface area contributed by atoms with Gasteiger partial charge >= 0.3 is 0 Å². The number of hydrogen-bond donors (Lipinski definition) is 0. The molecule has 180 valence electrons. The third kappa shape index (κ3) is 6.39. The van der Waals surface area contributed by atoms with Gasteiger partial charge in [-0.25, -0.2) is 0 Å². The largest absolute Gasteiger partial charge is 0.490 e. The first-order valence-electron chi connectivity index (χ1n) is 11.0. The zero-order valence-electron chi connectivity index (χ0n) is 19.2. The van der Waals surface area contributed by atoms with Crippen LogP contribution in [0.4, 0.5) is 0 Å². The molecular weight excluding hydrogens is 521 g/mol. The summed E-state index contributed by atoms with van der Waals surface area (Å²) in [6.07, 6.45) is 1.83. The number of benzene rings is 3. The number of rotatable bonds is 8. The lowest BCUT2D eigenvalue weighted by molar-refractivity contribution is -0.122. The summed E-state index contributed by atoms with van der Waals surface area (Å²) in [5, 5.41) is 0.979. The van der Waals surface area contributed by atoms with Crippen LogP contribution in [0.3, 0.4) is 0 Å². The van der Waals surface area contributed by atoms with Crippen LogP contribution in [0.2, 0.25) is 10.0 Å². The standard InChI is InChI=1S/C27H23Cl2NO3S2/c1-3-32-24-13-19(9-11-23(24)33-16-20-8-10-21(28)22(29)12-20)14-25-26(31)30(27(34)35-25)15-18-6-4-17(2)5-7-18/h4-14H,3,15-16H2,1-2H3. The summed E-state index contributed by atoms with van der Waals surface area (Å²) >= 11 is 18.9. The van der Waals surface area contributed by atoms with Crippen LogP contribution < -0.4 is 9.47 Å². The van der Waals surface area contributed by atoms with E-state index in [1.807, 2.05) is 68.5 Å². The minimum absolute atomic E-state index is 0.0986. The van der Waals surface area contributed by atoms with Crippen molar-refractivity contribution >= 4 is 63.5 Å². The van der Waals surface area contributed by atoms with Crippen molar-refractivity contribution in [2.45, 2.75) is 27.0 Å². The number of halogens is 2. The lowest BCUT2D eigenvalue weighted by atomic mass is 10.1. The zero-order chi connectivity index (χ0) is 24.9. The van der Waals surface area contributed by atoms with Gasteiger partial charge in [-0.15, -0.1) is 0 Å². The fourth-order valence-electron chi connectivity index (χ4n) is 3.46. The first kappa shape index (κ1) is 25.6. The predicted octanol–water partition coefficient (Wildman–Crippen LogP) is 7.68. The van der Waals surface area contributed by atoms with Gasteiger partial charge in [0.1, 0.15) is 10.9 Å². The molecule has 4 nitrogen and oxygen atoms in total. The van der Waals surface area contributed by atoms with E-state index >= 15 is 0 Å². The average Bonchev–Trinajstić information content (AvgIpc) is 3.09. The van der Waals surface area contributed by atoms with Gasteiger partial charge in [0.2, 0.25) is 0 Å². The summed E-state index contributed by atoms with van der Waals surface area (Å²) < 4.78 is 12.3. The van der Waals surface area contributed by atoms with Crippen molar-refractivity contribution in [3.8, 4) is 11.5 Å². The van der Waals surface area contributed by atoms with Gasteiger partial charge in [0.15, 0.2) is 11.5 Å². The van der Waals surface area contributed by atoms with Gasteiger partial charge in [0.25, 0.3) is 5.91 Å². The Labute approximate surface area is 224 Å². The Balaban J connectivity index is 1.50. The summed E-state index contributed by atoms with van der Waals surface area (Å²) in [6.45, 7) is 5.19. The van der Waals surface area contributed by atoms with Crippen molar-refractivity contribution in [3.05, 3.63) is 97.9 Å². The molecule has 0 bridgehead atoms. The summed E-state index contributed by atoms with van der Waals surface area (Å²) in [4.78, 5) is 15.3. The summed E-state index contributed by atoms with van der Waals surface area (Å²) in [5.41, 5.74) is 3.93. The second kappa shape index (κ2) is 11.5. The average molecular weight is 545 g/mol. The third-order valence-electron chi connectivity index (χ3n) is 5.28. The van der Waals surface area contributed by atoms with Crippen molar-refractivity contribution in [1.82, 2.24) is 4.90 Å². The molecule has 1 fully saturated rings. The molecule has 0 saturated carbocycles. The van der Waals surface area contributed by atoms with Crippen molar-refractivity contribution in [1.29, 1.82) is 0 Å². The highest BCUT2D eigenvalue weighted by Crippen LogP contribution is 2.36. The zero-order valence-corrected chi connectivity index (χ0v) is 22.4. The monoisotopic (exact) mass is 543 g/mol. The maximum absolute atomic E-state index is 13.1. The Kier molecular flexibility index (Phi) is 8.39. The normalized spacial score (nSPS) is 14.6. The molecule has 0 radical (unpaired) electrons. The van der Waals surface area contributed by atoms with Gasteiger partial charge in [-0.1, -0.05) is 89.1 Å². The first-order valence-corrected chi connectivity index (χ1v) is 13.0. The maximum atomic E-state index is 13.1. The molecule has 3 aromatic carbocycles. The molecule has 0 aromatic heterocycles. The fraction of sp³-hybridized carbons (Fsp3) is 0.185. The number of aryl methyl sites for hydroxylation is 1. The van der Waals surface area contributed by atoms with Gasteiger partial charge in [-0.2, -0.15) is 0 Å². The highest BCUT2D eigenvalue weighted by Gasteiger charge is 2.32. The molecular formula is C27H23Cl2NO3S2. The van der Waals surface area contributed by atoms with Crippen molar-refractivity contribution in [2.75, 3.05) is 6.61 Å². The van der Waals surface area contributed by atoms with Crippen LogP contribution in [0.15, 0.2) is 65.6 Å². The molecule has 0 aliphatic carbocycles. The number of amides is 1. The fourth-order valence-corrected chi connectivity index (χ4v) is 5.03. The van der Waals surface area contributed by atoms with Crippen LogP contribution in [0.5, 0.6) is 11.5 Å². The van der Waals surface area contributed by atoms with Crippen LogP contribution in [0, 0.1) is 6.92 Å². The van der Waals surface area contributed by atoms with Crippen LogP contribution in [0.25, 0.3) is 6.08 Å². The molecule has 0 unspecified atom stereocenters. The molecule has 0 N–H and O–H groups in total. The van der Waals surface area contributed by atoms with Crippen molar-refractivity contribution in [2.24, 2.45) is 0 Å². The Morgan fingerprint density at radius 3 is 2.40 bits per heavy atom. The molecule has 1 aliphatic rings. The van der Waals surface area contributed by atoms with Crippen molar-refractivity contribution in [3.63, 3.8) is 0 Å². The number of thiocarbonyl (C=S) groups is 1. The van der Waals surface area contributed by atoms with E-state index in [9.17, 15) is 4.79 Å². The molecule has 3 aromatic rings. The van der Waals surface area contributed by atoms with Crippen molar-refractivity contribution < 1.29 is 14.3 Å². The molecule has 0 atom stereocenters. The number of carbonyl (C=O) groups is 1. The minimum atomic E-state index is -0.0986. The van der Waals surface area contributed by atoms with Crippen LogP contribution in [-0.4, -0.2) is 21.7 Å². The SMILES string of the molecule is CCOc1cc(C=C2SC(=S)N(Cc3ccc(C)cc3)C2=O)ccc1OCc1ccc(Cl)c(Cl)c1. The lowest BCUT2D eigenvalue weighted by Crippen LogP contribution is -2.27. The number of hydrogen-bond acceptors (Lipinski definition) is 5. The van der Waals surface area contributed by atoms with E-state index in [1.165, 1.54) is 17.3 Å². The minimum Gasteiger partial charge on any atom is -0.490 e. The molecule has 0 spiro atoms. The Morgan fingerprint density at radius 1 is 0.943 bits per heavy atom. The molecule has 1 heterocycles. The van der Waals surface area contributed by atoms with Gasteiger partial charge in [-0.05, 0) is 60.9 Å². The Morgan fingerprint density at radius 2 is 1.69 bits per heavy atom. The van der Waals surface area contributed by atoms with Gasteiger partial charge < -0.3 is 9.47 Å². The highest BCUT2D eigenvalue weighted by molar-refractivity contribution is 8.26. The number of nitrogens with zero attached hydrogens (tertiary/aromatic N) is 1. The van der Waals surface area contributed by atoms with E-state index in [4.69, 9.17) is 44.9 Å². The topological polar surface area (TPSA) is 38.8 Å². The Hall–Kier alpha value is -2.51. The van der Waals surface area contributed by atoms with E-state index in [0.29, 0.717) is 50.5 Å². The highest BCUT2D eigenvalue weighted by atomic mass is 35.5. The molecule has 1 aliphatic heterocycles. The van der Waals surface area contributed by atoms with E-state index < -0.39 is 0 Å². The van der Waals surface area contributed by atoms with E-state index in [0.717, 1.165) is 16.7 Å². The smallest absolute Gasteiger partial charge is 0.266 e. The molecule has 35 heavy (non-hydrogen) atoms. The van der Waals surface area contributed by atoms with E-state index in [1.54, 1.807) is 17.0 Å². The van der Waals surface area contributed by atoms with E-state index in [2.05, 4.69) is 0 Å². The first-order chi connectivity index (χ1) is 16.8. The number of carbonyl (C=O) groups excluding carboxylic acids is 1. The van der Waals surface area contributed by atoms with Gasteiger partial charge in [0, 0.05) is 0 Å². The quantitative estimate of drug-likeness (QED) is 0.215. The molecule has 8 heteroatoms. The van der Waals surface area contributed by atoms with Crippen LogP contribution in [-0.2, 0) is 17.9 Å². The van der Waals surface area contributed by atoms with Gasteiger partial charge in [0.05, 0.1) is 28.1 Å². The summed E-state index contributed by atoms with van der Waals surface area (Å²) in [6, 6.07) is 19.1. The second-order valence-corrected chi connectivity index (χ2v) is 10.4. The summed E-state index contributed by atoms with van der Waals surface area (Å²) in [5.74, 6) is 1.09. The van der Waals surface area contributed by atoms with Crippen LogP contribution in [0.1, 0.15) is 29.2 Å². The molecule has 4 rings (SSSR count). The second-order valence-electron chi connectivity index (χ2n) is 7.93. The molecule has 1 saturated heterocycles. The summed E-state index contributed by atoms with van der Waals surface area (Å²) in [7, 11) is 0. The van der Waals surface area contributed by atoms with Crippen LogP contribution >= 0.6 is 47.2 Å². The maximum Gasteiger partial charge on any atom is 0.266 e. The van der Waals surface area contributed by atoms with E-state index in [-0.39, 0.29) is 5.91 Å². The predicted molar refractivity (Wildman–Crippen MR) is 148 cm³/mol. The van der Waals surface area contributed by atoms with Gasteiger partial charge in [-0.3, -0.25) is 9.69 Å². The number of ether oxygens (including phenoxy) is 2. The third-order valence-corrected chi connectivity index (χ3v) is 7.40. The number of thioether (sulfide) groups is 1. The molecule has 1 amide bonds.